The number of ether oxygens (including phenoxy) is 1. The summed E-state index contributed by atoms with van der Waals surface area (Å²) in [6.07, 6.45) is 5.45. The summed E-state index contributed by atoms with van der Waals surface area (Å²) in [7, 11) is 2.10. The Hall–Kier alpha value is -1.53. The van der Waals surface area contributed by atoms with Crippen molar-refractivity contribution in [2.24, 2.45) is 5.92 Å². The van der Waals surface area contributed by atoms with Crippen molar-refractivity contribution >= 4 is 5.91 Å². The lowest BCUT2D eigenvalue weighted by molar-refractivity contribution is -0.0791. The molecule has 6 heteroatoms. The van der Waals surface area contributed by atoms with Crippen LogP contribution in [0.15, 0.2) is 18.5 Å². The third-order valence-corrected chi connectivity index (χ3v) is 4.11. The first-order valence-electron chi connectivity index (χ1n) is 7.12. The van der Waals surface area contributed by atoms with Crippen molar-refractivity contribution in [3.63, 3.8) is 0 Å². The summed E-state index contributed by atoms with van der Waals surface area (Å²) < 4.78 is 5.91. The van der Waals surface area contributed by atoms with Gasteiger partial charge in [-0.2, -0.15) is 10.2 Å². The standard InChI is InChI=1S/C14H20N4O2/c1-18-8-11-3-2-6-20-13(11)12(9-18)17-14(19)10-4-5-15-16-7-10/h4-5,7,11-13H,2-3,6,8-9H2,1H3,(H,17,19)/t11-,12+,13-/m0/s1. The van der Waals surface area contributed by atoms with Gasteiger partial charge in [0.1, 0.15) is 0 Å². The summed E-state index contributed by atoms with van der Waals surface area (Å²) in [4.78, 5) is 14.5. The van der Waals surface area contributed by atoms with Gasteiger partial charge in [0.05, 0.1) is 30.1 Å². The van der Waals surface area contributed by atoms with Crippen LogP contribution in [0.4, 0.5) is 0 Å². The number of aromatic nitrogens is 2. The Labute approximate surface area is 118 Å². The molecule has 1 amide bonds. The van der Waals surface area contributed by atoms with Crippen LogP contribution in [-0.2, 0) is 4.74 Å². The van der Waals surface area contributed by atoms with Gasteiger partial charge >= 0.3 is 0 Å². The lowest BCUT2D eigenvalue weighted by atomic mass is 9.85. The molecule has 1 aromatic rings. The summed E-state index contributed by atoms with van der Waals surface area (Å²) in [5, 5.41) is 10.5. The predicted molar refractivity (Wildman–Crippen MR) is 73.2 cm³/mol. The molecule has 2 saturated heterocycles. The number of likely N-dealkylation sites (N-methyl/N-ethyl adjacent to an activating group) is 1. The lowest BCUT2D eigenvalue weighted by Gasteiger charge is -2.44. The number of fused-ring (bicyclic) bond motifs is 1. The molecule has 3 atom stereocenters. The summed E-state index contributed by atoms with van der Waals surface area (Å²) in [5.74, 6) is 0.413. The fraction of sp³-hybridized carbons (Fsp3) is 0.643. The summed E-state index contributed by atoms with van der Waals surface area (Å²) in [6.45, 7) is 2.67. The minimum atomic E-state index is -0.104. The van der Waals surface area contributed by atoms with Crippen LogP contribution in [0.1, 0.15) is 23.2 Å². The van der Waals surface area contributed by atoms with E-state index >= 15 is 0 Å². The largest absolute Gasteiger partial charge is 0.376 e. The van der Waals surface area contributed by atoms with E-state index in [9.17, 15) is 4.79 Å². The molecule has 3 rings (SSSR count). The molecule has 6 nitrogen and oxygen atoms in total. The lowest BCUT2D eigenvalue weighted by Crippen LogP contribution is -2.60. The van der Waals surface area contributed by atoms with E-state index in [2.05, 4.69) is 27.5 Å². The van der Waals surface area contributed by atoms with Crippen LogP contribution in [0.25, 0.3) is 0 Å². The molecule has 0 radical (unpaired) electrons. The summed E-state index contributed by atoms with van der Waals surface area (Å²) >= 11 is 0. The van der Waals surface area contributed by atoms with Gasteiger partial charge in [0.15, 0.2) is 0 Å². The van der Waals surface area contributed by atoms with E-state index in [0.29, 0.717) is 11.5 Å². The smallest absolute Gasteiger partial charge is 0.253 e. The molecule has 2 fully saturated rings. The van der Waals surface area contributed by atoms with Crippen LogP contribution in [-0.4, -0.2) is 59.9 Å². The molecule has 1 aromatic heterocycles. The Morgan fingerprint density at radius 3 is 3.15 bits per heavy atom. The minimum Gasteiger partial charge on any atom is -0.376 e. The third-order valence-electron chi connectivity index (χ3n) is 4.11. The molecule has 0 aromatic carbocycles. The molecule has 2 aliphatic rings. The van der Waals surface area contributed by atoms with Gasteiger partial charge in [-0.1, -0.05) is 0 Å². The van der Waals surface area contributed by atoms with Crippen LogP contribution >= 0.6 is 0 Å². The maximum atomic E-state index is 12.2. The maximum absolute atomic E-state index is 12.2. The quantitative estimate of drug-likeness (QED) is 0.842. The number of carbonyl (C=O) groups excluding carboxylic acids is 1. The molecule has 0 bridgehead atoms. The number of amides is 1. The molecule has 2 aliphatic heterocycles. The number of likely N-dealkylation sites (tertiary alicyclic amines) is 1. The second-order valence-electron chi connectivity index (χ2n) is 5.67. The van der Waals surface area contributed by atoms with Crippen LogP contribution in [0.2, 0.25) is 0 Å². The van der Waals surface area contributed by atoms with Gasteiger partial charge in [0, 0.05) is 19.7 Å². The normalized spacial score (nSPS) is 30.6. The highest BCUT2D eigenvalue weighted by Crippen LogP contribution is 2.28. The van der Waals surface area contributed by atoms with Crippen molar-refractivity contribution in [3.8, 4) is 0 Å². The number of hydrogen-bond donors (Lipinski definition) is 1. The van der Waals surface area contributed by atoms with Crippen molar-refractivity contribution in [3.05, 3.63) is 24.0 Å². The first-order valence-corrected chi connectivity index (χ1v) is 7.12. The monoisotopic (exact) mass is 276 g/mol. The molecule has 20 heavy (non-hydrogen) atoms. The van der Waals surface area contributed by atoms with Gasteiger partial charge in [-0.3, -0.25) is 4.79 Å². The molecule has 0 saturated carbocycles. The topological polar surface area (TPSA) is 67.3 Å². The number of nitrogens with zero attached hydrogens (tertiary/aromatic N) is 3. The van der Waals surface area contributed by atoms with Crippen LogP contribution in [0, 0.1) is 5.92 Å². The van der Waals surface area contributed by atoms with Crippen molar-refractivity contribution in [1.82, 2.24) is 20.4 Å². The van der Waals surface area contributed by atoms with Gasteiger partial charge in [-0.05, 0) is 31.9 Å². The number of rotatable bonds is 2. The Balaban J connectivity index is 1.70. The second-order valence-corrected chi connectivity index (χ2v) is 5.67. The van der Waals surface area contributed by atoms with Crippen molar-refractivity contribution in [2.75, 3.05) is 26.7 Å². The molecular formula is C14H20N4O2. The Morgan fingerprint density at radius 2 is 2.35 bits per heavy atom. The van der Waals surface area contributed by atoms with E-state index in [1.165, 1.54) is 18.8 Å². The molecule has 0 aliphatic carbocycles. The number of nitrogens with one attached hydrogen (secondary N) is 1. The second kappa shape index (κ2) is 5.85. The number of carbonyl (C=O) groups is 1. The van der Waals surface area contributed by atoms with Gasteiger partial charge in [0.2, 0.25) is 0 Å². The first kappa shape index (κ1) is 13.5. The predicted octanol–water partition coefficient (Wildman–Crippen LogP) is 0.316. The minimum absolute atomic E-state index is 0.0414. The molecular weight excluding hydrogens is 256 g/mol. The van der Waals surface area contributed by atoms with E-state index in [4.69, 9.17) is 4.74 Å². The molecule has 0 spiro atoms. The molecule has 1 N–H and O–H groups in total. The highest BCUT2D eigenvalue weighted by atomic mass is 16.5. The maximum Gasteiger partial charge on any atom is 0.253 e. The van der Waals surface area contributed by atoms with E-state index < -0.39 is 0 Å². The zero-order valence-electron chi connectivity index (χ0n) is 11.7. The van der Waals surface area contributed by atoms with Crippen LogP contribution < -0.4 is 5.32 Å². The SMILES string of the molecule is CN1C[C@@H]2CCCO[C@@H]2[C@H](NC(=O)c2ccnnc2)C1. The summed E-state index contributed by atoms with van der Waals surface area (Å²) in [6, 6.07) is 1.72. The van der Waals surface area contributed by atoms with Gasteiger partial charge in [0.25, 0.3) is 5.91 Å². The van der Waals surface area contributed by atoms with E-state index in [1.54, 1.807) is 6.07 Å². The number of piperidine rings is 1. The van der Waals surface area contributed by atoms with Gasteiger partial charge in [-0.25, -0.2) is 0 Å². The Morgan fingerprint density at radius 1 is 1.45 bits per heavy atom. The van der Waals surface area contributed by atoms with Crippen molar-refractivity contribution < 1.29 is 9.53 Å². The van der Waals surface area contributed by atoms with E-state index in [0.717, 1.165) is 26.1 Å². The molecule has 0 unspecified atom stereocenters. The van der Waals surface area contributed by atoms with E-state index in [1.807, 2.05) is 0 Å². The fourth-order valence-electron chi connectivity index (χ4n) is 3.22. The highest BCUT2D eigenvalue weighted by Gasteiger charge is 2.38. The Kier molecular flexibility index (Phi) is 3.93. The summed E-state index contributed by atoms with van der Waals surface area (Å²) in [5.41, 5.74) is 0.542. The number of hydrogen-bond acceptors (Lipinski definition) is 5. The fourth-order valence-corrected chi connectivity index (χ4v) is 3.22. The average molecular weight is 276 g/mol. The van der Waals surface area contributed by atoms with Crippen LogP contribution in [0.5, 0.6) is 0 Å². The van der Waals surface area contributed by atoms with Crippen molar-refractivity contribution in [1.29, 1.82) is 0 Å². The zero-order chi connectivity index (χ0) is 13.9. The van der Waals surface area contributed by atoms with Gasteiger partial charge in [-0.15, -0.1) is 0 Å². The Bertz CT molecular complexity index is 468. The van der Waals surface area contributed by atoms with E-state index in [-0.39, 0.29) is 18.1 Å². The molecule has 108 valence electrons. The first-order chi connectivity index (χ1) is 9.74. The third kappa shape index (κ3) is 2.81. The van der Waals surface area contributed by atoms with Crippen LogP contribution in [0.3, 0.4) is 0 Å². The average Bonchev–Trinajstić information content (AvgIpc) is 2.48. The van der Waals surface area contributed by atoms with Gasteiger partial charge < -0.3 is 15.0 Å². The zero-order valence-corrected chi connectivity index (χ0v) is 11.7. The highest BCUT2D eigenvalue weighted by molar-refractivity contribution is 5.94. The molecule has 3 heterocycles. The van der Waals surface area contributed by atoms with Crippen molar-refractivity contribution in [2.45, 2.75) is 25.0 Å².